The standard InChI is InChI=1S/C14H20N2O2/c1-3-14-15-12-7-5-6-8-13(12)16(14)9-11(17)10-18-4-2/h5-8,11,17H,3-4,9-10H2,1-2H3. The van der Waals surface area contributed by atoms with Gasteiger partial charge in [0.1, 0.15) is 5.82 Å². The quantitative estimate of drug-likeness (QED) is 0.850. The number of nitrogens with zero attached hydrogens (tertiary/aromatic N) is 2. The van der Waals surface area contributed by atoms with Crippen molar-refractivity contribution >= 4 is 11.0 Å². The van der Waals surface area contributed by atoms with Crippen molar-refractivity contribution in [1.29, 1.82) is 0 Å². The summed E-state index contributed by atoms with van der Waals surface area (Å²) in [4.78, 5) is 4.58. The highest BCUT2D eigenvalue weighted by atomic mass is 16.5. The Morgan fingerprint density at radius 2 is 2.11 bits per heavy atom. The van der Waals surface area contributed by atoms with Crippen LogP contribution in [0.15, 0.2) is 24.3 Å². The Kier molecular flexibility index (Phi) is 4.33. The summed E-state index contributed by atoms with van der Waals surface area (Å²) in [5.41, 5.74) is 2.06. The highest BCUT2D eigenvalue weighted by Crippen LogP contribution is 2.17. The van der Waals surface area contributed by atoms with Gasteiger partial charge in [0.25, 0.3) is 0 Å². The van der Waals surface area contributed by atoms with Gasteiger partial charge in [-0.1, -0.05) is 19.1 Å². The number of ether oxygens (including phenoxy) is 1. The topological polar surface area (TPSA) is 47.3 Å². The molecular weight excluding hydrogens is 228 g/mol. The van der Waals surface area contributed by atoms with E-state index < -0.39 is 6.10 Å². The van der Waals surface area contributed by atoms with Crippen LogP contribution < -0.4 is 0 Å². The van der Waals surface area contributed by atoms with Crippen LogP contribution in [0, 0.1) is 0 Å². The molecule has 0 fully saturated rings. The number of hydrogen-bond donors (Lipinski definition) is 1. The first-order chi connectivity index (χ1) is 8.76. The number of aliphatic hydroxyl groups is 1. The molecular formula is C14H20N2O2. The lowest BCUT2D eigenvalue weighted by Crippen LogP contribution is -2.23. The normalized spacial score (nSPS) is 13.1. The number of benzene rings is 1. The van der Waals surface area contributed by atoms with Crippen molar-refractivity contribution < 1.29 is 9.84 Å². The Morgan fingerprint density at radius 3 is 2.83 bits per heavy atom. The van der Waals surface area contributed by atoms with Crippen LogP contribution >= 0.6 is 0 Å². The molecule has 4 nitrogen and oxygen atoms in total. The van der Waals surface area contributed by atoms with E-state index in [1.165, 1.54) is 0 Å². The molecule has 0 aliphatic rings. The van der Waals surface area contributed by atoms with E-state index >= 15 is 0 Å². The fourth-order valence-corrected chi connectivity index (χ4v) is 2.12. The van der Waals surface area contributed by atoms with Crippen molar-refractivity contribution in [3.63, 3.8) is 0 Å². The number of hydrogen-bond acceptors (Lipinski definition) is 3. The van der Waals surface area contributed by atoms with E-state index in [2.05, 4.69) is 16.5 Å². The van der Waals surface area contributed by atoms with Crippen LogP contribution in [0.4, 0.5) is 0 Å². The van der Waals surface area contributed by atoms with Crippen molar-refractivity contribution in [3.8, 4) is 0 Å². The smallest absolute Gasteiger partial charge is 0.109 e. The number of rotatable bonds is 6. The minimum absolute atomic E-state index is 0.367. The third-order valence-corrected chi connectivity index (χ3v) is 2.96. The van der Waals surface area contributed by atoms with Crippen LogP contribution in [-0.4, -0.2) is 34.0 Å². The fraction of sp³-hybridized carbons (Fsp3) is 0.500. The molecule has 0 aliphatic carbocycles. The van der Waals surface area contributed by atoms with Gasteiger partial charge in [0.05, 0.1) is 30.3 Å². The Hall–Kier alpha value is -1.39. The first-order valence-corrected chi connectivity index (χ1v) is 6.46. The Bertz CT molecular complexity index is 507. The number of fused-ring (bicyclic) bond motifs is 1. The molecule has 0 radical (unpaired) electrons. The molecule has 0 aliphatic heterocycles. The van der Waals surface area contributed by atoms with Gasteiger partial charge in [-0.2, -0.15) is 0 Å². The lowest BCUT2D eigenvalue weighted by Gasteiger charge is -2.14. The van der Waals surface area contributed by atoms with Crippen molar-refractivity contribution in [2.75, 3.05) is 13.2 Å². The molecule has 1 N–H and O–H groups in total. The summed E-state index contributed by atoms with van der Waals surface area (Å²) in [6, 6.07) is 8.01. The molecule has 2 rings (SSSR count). The Balaban J connectivity index is 2.25. The van der Waals surface area contributed by atoms with Gasteiger partial charge < -0.3 is 14.4 Å². The average molecular weight is 248 g/mol. The maximum absolute atomic E-state index is 9.96. The highest BCUT2D eigenvalue weighted by molar-refractivity contribution is 5.75. The van der Waals surface area contributed by atoms with Crippen LogP contribution in [0.1, 0.15) is 19.7 Å². The van der Waals surface area contributed by atoms with Crippen LogP contribution in [0.5, 0.6) is 0 Å². The van der Waals surface area contributed by atoms with Gasteiger partial charge in [0.15, 0.2) is 0 Å². The third-order valence-electron chi connectivity index (χ3n) is 2.96. The number of aryl methyl sites for hydroxylation is 1. The summed E-state index contributed by atoms with van der Waals surface area (Å²) in [5.74, 6) is 1.01. The van der Waals surface area contributed by atoms with Crippen LogP contribution in [0.25, 0.3) is 11.0 Å². The molecule has 0 amide bonds. The second kappa shape index (κ2) is 5.98. The van der Waals surface area contributed by atoms with Crippen LogP contribution in [0.3, 0.4) is 0 Å². The largest absolute Gasteiger partial charge is 0.389 e. The van der Waals surface area contributed by atoms with Gasteiger partial charge in [0, 0.05) is 13.0 Å². The summed E-state index contributed by atoms with van der Waals surface area (Å²) in [6.45, 7) is 5.53. The van der Waals surface area contributed by atoms with Gasteiger partial charge in [-0.3, -0.25) is 0 Å². The lowest BCUT2D eigenvalue weighted by molar-refractivity contribution is 0.0337. The zero-order valence-corrected chi connectivity index (χ0v) is 11.0. The first-order valence-electron chi connectivity index (χ1n) is 6.46. The van der Waals surface area contributed by atoms with E-state index in [9.17, 15) is 5.11 Å². The minimum atomic E-state index is -0.493. The molecule has 0 spiro atoms. The Labute approximate surface area is 107 Å². The third kappa shape index (κ3) is 2.71. The fourth-order valence-electron chi connectivity index (χ4n) is 2.12. The van der Waals surface area contributed by atoms with Crippen molar-refractivity contribution in [2.24, 2.45) is 0 Å². The summed E-state index contributed by atoms with van der Waals surface area (Å²) >= 11 is 0. The average Bonchev–Trinajstić information content (AvgIpc) is 2.75. The summed E-state index contributed by atoms with van der Waals surface area (Å²) < 4.78 is 7.33. The Morgan fingerprint density at radius 1 is 1.33 bits per heavy atom. The molecule has 0 bridgehead atoms. The van der Waals surface area contributed by atoms with Crippen LogP contribution in [0.2, 0.25) is 0 Å². The number of imidazole rings is 1. The summed E-state index contributed by atoms with van der Waals surface area (Å²) in [6.07, 6.45) is 0.364. The second-order valence-electron chi connectivity index (χ2n) is 4.29. The molecule has 4 heteroatoms. The van der Waals surface area contributed by atoms with E-state index in [-0.39, 0.29) is 0 Å². The molecule has 1 unspecified atom stereocenters. The first kappa shape index (κ1) is 13.1. The molecule has 1 heterocycles. The molecule has 0 saturated carbocycles. The monoisotopic (exact) mass is 248 g/mol. The predicted molar refractivity (Wildman–Crippen MR) is 71.6 cm³/mol. The van der Waals surface area contributed by atoms with E-state index in [1.807, 2.05) is 31.2 Å². The molecule has 1 aromatic carbocycles. The van der Waals surface area contributed by atoms with Crippen molar-refractivity contribution in [1.82, 2.24) is 9.55 Å². The zero-order chi connectivity index (χ0) is 13.0. The zero-order valence-electron chi connectivity index (χ0n) is 11.0. The molecule has 1 atom stereocenters. The number of aliphatic hydroxyl groups excluding tert-OH is 1. The second-order valence-corrected chi connectivity index (χ2v) is 4.29. The van der Waals surface area contributed by atoms with Crippen LogP contribution in [-0.2, 0) is 17.7 Å². The van der Waals surface area contributed by atoms with Crippen molar-refractivity contribution in [2.45, 2.75) is 32.9 Å². The lowest BCUT2D eigenvalue weighted by atomic mass is 10.3. The summed E-state index contributed by atoms with van der Waals surface area (Å²) in [7, 11) is 0. The molecule has 2 aromatic rings. The number of para-hydroxylation sites is 2. The van der Waals surface area contributed by atoms with Crippen molar-refractivity contribution in [3.05, 3.63) is 30.1 Å². The molecule has 1 aromatic heterocycles. The maximum Gasteiger partial charge on any atom is 0.109 e. The highest BCUT2D eigenvalue weighted by Gasteiger charge is 2.12. The van der Waals surface area contributed by atoms with Gasteiger partial charge in [-0.05, 0) is 19.1 Å². The van der Waals surface area contributed by atoms with E-state index in [4.69, 9.17) is 4.74 Å². The molecule has 18 heavy (non-hydrogen) atoms. The maximum atomic E-state index is 9.96. The van der Waals surface area contributed by atoms with Gasteiger partial charge in [-0.15, -0.1) is 0 Å². The summed E-state index contributed by atoms with van der Waals surface area (Å²) in [5, 5.41) is 9.96. The minimum Gasteiger partial charge on any atom is -0.389 e. The molecule has 98 valence electrons. The van der Waals surface area contributed by atoms with E-state index in [0.717, 1.165) is 23.3 Å². The van der Waals surface area contributed by atoms with E-state index in [1.54, 1.807) is 0 Å². The van der Waals surface area contributed by atoms with Gasteiger partial charge in [0.2, 0.25) is 0 Å². The van der Waals surface area contributed by atoms with E-state index in [0.29, 0.717) is 19.8 Å². The molecule has 0 saturated heterocycles. The van der Waals surface area contributed by atoms with Gasteiger partial charge in [-0.25, -0.2) is 4.98 Å². The number of aromatic nitrogens is 2. The predicted octanol–water partition coefficient (Wildman–Crippen LogP) is 2.00. The SMILES string of the molecule is CCOCC(O)Cn1c(CC)nc2ccccc21. The van der Waals surface area contributed by atoms with Gasteiger partial charge >= 0.3 is 0 Å².